The molecule has 1 aliphatic rings. The van der Waals surface area contributed by atoms with Crippen molar-refractivity contribution in [3.05, 3.63) is 29.8 Å². The molecule has 3 unspecified atom stereocenters. The van der Waals surface area contributed by atoms with Crippen LogP contribution in [-0.2, 0) is 6.42 Å². The minimum Gasteiger partial charge on any atom is -0.497 e. The summed E-state index contributed by atoms with van der Waals surface area (Å²) in [7, 11) is 3.84. The van der Waals surface area contributed by atoms with E-state index in [2.05, 4.69) is 43.6 Å². The van der Waals surface area contributed by atoms with Gasteiger partial charge in [0.2, 0.25) is 0 Å². The smallest absolute Gasteiger partial charge is 0.118 e. The van der Waals surface area contributed by atoms with Gasteiger partial charge in [0.1, 0.15) is 5.75 Å². The predicted octanol–water partition coefficient (Wildman–Crippen LogP) is 4.04. The van der Waals surface area contributed by atoms with Gasteiger partial charge < -0.3 is 10.1 Å². The van der Waals surface area contributed by atoms with E-state index in [-0.39, 0.29) is 0 Å². The summed E-state index contributed by atoms with van der Waals surface area (Å²) in [5.74, 6) is 2.68. The molecule has 1 aliphatic carbocycles. The second-order valence-corrected chi connectivity index (χ2v) is 6.06. The summed E-state index contributed by atoms with van der Waals surface area (Å²) in [4.78, 5) is 0. The Morgan fingerprint density at radius 2 is 1.90 bits per heavy atom. The summed E-state index contributed by atoms with van der Waals surface area (Å²) < 4.78 is 5.24. The van der Waals surface area contributed by atoms with Crippen molar-refractivity contribution in [2.45, 2.75) is 51.5 Å². The van der Waals surface area contributed by atoms with Crippen LogP contribution in [0, 0.1) is 11.8 Å². The lowest BCUT2D eigenvalue weighted by atomic mass is 9.73. The molecule has 1 saturated carbocycles. The van der Waals surface area contributed by atoms with E-state index in [0.29, 0.717) is 6.04 Å². The minimum atomic E-state index is 0.605. The van der Waals surface area contributed by atoms with Gasteiger partial charge in [0.15, 0.2) is 0 Å². The number of benzene rings is 1. The zero-order valence-corrected chi connectivity index (χ0v) is 13.2. The van der Waals surface area contributed by atoms with E-state index in [1.165, 1.54) is 37.7 Å². The zero-order valence-electron chi connectivity index (χ0n) is 13.2. The largest absolute Gasteiger partial charge is 0.497 e. The Bertz CT molecular complexity index is 387. The van der Waals surface area contributed by atoms with E-state index in [0.717, 1.165) is 24.0 Å². The molecule has 3 atom stereocenters. The molecule has 1 aromatic rings. The fourth-order valence-corrected chi connectivity index (χ4v) is 3.76. The molecule has 112 valence electrons. The highest BCUT2D eigenvalue weighted by atomic mass is 16.5. The Balaban J connectivity index is 2.02. The maximum Gasteiger partial charge on any atom is 0.118 e. The van der Waals surface area contributed by atoms with Crippen molar-refractivity contribution in [2.75, 3.05) is 14.2 Å². The molecule has 1 fully saturated rings. The van der Waals surface area contributed by atoms with Crippen LogP contribution < -0.4 is 10.1 Å². The van der Waals surface area contributed by atoms with Crippen LogP contribution in [0.4, 0.5) is 0 Å². The number of nitrogens with one attached hydrogen (secondary N) is 1. The van der Waals surface area contributed by atoms with Crippen molar-refractivity contribution >= 4 is 0 Å². The van der Waals surface area contributed by atoms with Gasteiger partial charge in [0.25, 0.3) is 0 Å². The highest BCUT2D eigenvalue weighted by molar-refractivity contribution is 5.27. The summed E-state index contributed by atoms with van der Waals surface area (Å²) in [5.41, 5.74) is 1.41. The van der Waals surface area contributed by atoms with Gasteiger partial charge in [-0.25, -0.2) is 0 Å². The minimum absolute atomic E-state index is 0.605. The van der Waals surface area contributed by atoms with Gasteiger partial charge in [-0.3, -0.25) is 0 Å². The number of rotatable bonds is 6. The summed E-state index contributed by atoms with van der Waals surface area (Å²) >= 11 is 0. The van der Waals surface area contributed by atoms with Crippen LogP contribution in [0.2, 0.25) is 0 Å². The Morgan fingerprint density at radius 3 is 2.50 bits per heavy atom. The van der Waals surface area contributed by atoms with Crippen LogP contribution in [0.15, 0.2) is 24.3 Å². The topological polar surface area (TPSA) is 21.3 Å². The van der Waals surface area contributed by atoms with Crippen molar-refractivity contribution in [2.24, 2.45) is 11.8 Å². The molecule has 0 radical (unpaired) electrons. The first-order chi connectivity index (χ1) is 9.78. The zero-order chi connectivity index (χ0) is 14.4. The fourth-order valence-electron chi connectivity index (χ4n) is 3.76. The third kappa shape index (κ3) is 3.76. The standard InChI is InChI=1S/C18H29NO/c1-4-15-7-5-6-8-17(15)18(19-2)13-14-9-11-16(20-3)12-10-14/h9-12,15,17-19H,4-8,13H2,1-3H3. The molecule has 2 nitrogen and oxygen atoms in total. The van der Waals surface area contributed by atoms with Gasteiger partial charge in [-0.2, -0.15) is 0 Å². The molecule has 0 heterocycles. The maximum absolute atomic E-state index is 5.24. The molecule has 0 bridgehead atoms. The normalized spacial score (nSPS) is 24.4. The van der Waals surface area contributed by atoms with Gasteiger partial charge in [0.05, 0.1) is 7.11 Å². The van der Waals surface area contributed by atoms with Crippen molar-refractivity contribution < 1.29 is 4.74 Å². The van der Waals surface area contributed by atoms with Crippen molar-refractivity contribution in [3.63, 3.8) is 0 Å². The molecule has 2 rings (SSSR count). The Morgan fingerprint density at radius 1 is 1.20 bits per heavy atom. The molecular weight excluding hydrogens is 246 g/mol. The van der Waals surface area contributed by atoms with Crippen LogP contribution in [0.3, 0.4) is 0 Å². The lowest BCUT2D eigenvalue weighted by Gasteiger charge is -2.37. The molecule has 1 aromatic carbocycles. The molecular formula is C18H29NO. The quantitative estimate of drug-likeness (QED) is 0.846. The Hall–Kier alpha value is -1.02. The van der Waals surface area contributed by atoms with Crippen LogP contribution in [0.25, 0.3) is 0 Å². The molecule has 0 amide bonds. The third-order valence-corrected chi connectivity index (χ3v) is 4.99. The van der Waals surface area contributed by atoms with Crippen molar-refractivity contribution in [3.8, 4) is 5.75 Å². The lowest BCUT2D eigenvalue weighted by Crippen LogP contribution is -2.40. The number of hydrogen-bond acceptors (Lipinski definition) is 2. The van der Waals surface area contributed by atoms with Gasteiger partial charge in [0, 0.05) is 6.04 Å². The third-order valence-electron chi connectivity index (χ3n) is 4.99. The number of hydrogen-bond donors (Lipinski definition) is 1. The highest BCUT2D eigenvalue weighted by Crippen LogP contribution is 2.35. The van der Waals surface area contributed by atoms with Gasteiger partial charge in [-0.05, 0) is 49.4 Å². The van der Waals surface area contributed by atoms with Crippen LogP contribution in [-0.4, -0.2) is 20.2 Å². The van der Waals surface area contributed by atoms with E-state index < -0.39 is 0 Å². The van der Waals surface area contributed by atoms with E-state index in [4.69, 9.17) is 4.74 Å². The first-order valence-corrected chi connectivity index (χ1v) is 8.08. The predicted molar refractivity (Wildman–Crippen MR) is 85.3 cm³/mol. The molecule has 0 aromatic heterocycles. The first-order valence-electron chi connectivity index (χ1n) is 8.08. The fraction of sp³-hybridized carbons (Fsp3) is 0.667. The SMILES string of the molecule is CCC1CCCCC1C(Cc1ccc(OC)cc1)NC. The van der Waals surface area contributed by atoms with Crippen molar-refractivity contribution in [1.29, 1.82) is 0 Å². The number of ether oxygens (including phenoxy) is 1. The van der Waals surface area contributed by atoms with Gasteiger partial charge in [-0.1, -0.05) is 44.7 Å². The van der Waals surface area contributed by atoms with Gasteiger partial charge in [-0.15, -0.1) is 0 Å². The average molecular weight is 275 g/mol. The molecule has 0 aliphatic heterocycles. The summed E-state index contributed by atoms with van der Waals surface area (Å²) in [6, 6.07) is 9.15. The average Bonchev–Trinajstić information content (AvgIpc) is 2.53. The lowest BCUT2D eigenvalue weighted by molar-refractivity contribution is 0.179. The molecule has 2 heteroatoms. The van der Waals surface area contributed by atoms with E-state index >= 15 is 0 Å². The first kappa shape index (κ1) is 15.4. The second-order valence-electron chi connectivity index (χ2n) is 6.06. The molecule has 20 heavy (non-hydrogen) atoms. The molecule has 0 spiro atoms. The maximum atomic E-state index is 5.24. The number of methoxy groups -OCH3 is 1. The molecule has 1 N–H and O–H groups in total. The van der Waals surface area contributed by atoms with E-state index in [9.17, 15) is 0 Å². The summed E-state index contributed by atoms with van der Waals surface area (Å²) in [6.07, 6.45) is 8.09. The molecule has 0 saturated heterocycles. The Labute approximate surface area is 123 Å². The Kier molecular flexibility index (Phi) is 5.90. The summed E-state index contributed by atoms with van der Waals surface area (Å²) in [5, 5.41) is 3.58. The van der Waals surface area contributed by atoms with Gasteiger partial charge >= 0.3 is 0 Å². The van der Waals surface area contributed by atoms with E-state index in [1.807, 2.05) is 0 Å². The van der Waals surface area contributed by atoms with Crippen LogP contribution in [0.5, 0.6) is 5.75 Å². The monoisotopic (exact) mass is 275 g/mol. The number of likely N-dealkylation sites (N-methyl/N-ethyl adjacent to an activating group) is 1. The van der Waals surface area contributed by atoms with Crippen LogP contribution >= 0.6 is 0 Å². The second kappa shape index (κ2) is 7.68. The van der Waals surface area contributed by atoms with E-state index in [1.54, 1.807) is 7.11 Å². The highest BCUT2D eigenvalue weighted by Gasteiger charge is 2.29. The summed E-state index contributed by atoms with van der Waals surface area (Å²) in [6.45, 7) is 2.35. The van der Waals surface area contributed by atoms with Crippen molar-refractivity contribution in [1.82, 2.24) is 5.32 Å². The van der Waals surface area contributed by atoms with Crippen LogP contribution in [0.1, 0.15) is 44.6 Å².